The van der Waals surface area contributed by atoms with Gasteiger partial charge in [-0.2, -0.15) is 0 Å². The molecular formula is C20H22ClN3O5S. The number of fused-ring (bicyclic) bond motifs is 1. The van der Waals surface area contributed by atoms with E-state index >= 15 is 0 Å². The number of sulfonamides is 1. The van der Waals surface area contributed by atoms with Gasteiger partial charge in [0.2, 0.25) is 10.0 Å². The number of primary sulfonamides is 1. The summed E-state index contributed by atoms with van der Waals surface area (Å²) >= 11 is 5.87. The number of nitrogens with one attached hydrogen (secondary N) is 2. The van der Waals surface area contributed by atoms with Crippen molar-refractivity contribution >= 4 is 33.5 Å². The highest BCUT2D eigenvalue weighted by molar-refractivity contribution is 7.89. The molecule has 0 bridgehead atoms. The van der Waals surface area contributed by atoms with Crippen molar-refractivity contribution in [1.29, 1.82) is 0 Å². The Morgan fingerprint density at radius 2 is 2.00 bits per heavy atom. The van der Waals surface area contributed by atoms with E-state index in [0.29, 0.717) is 6.42 Å². The molecule has 160 valence electrons. The zero-order valence-corrected chi connectivity index (χ0v) is 17.8. The van der Waals surface area contributed by atoms with Crippen LogP contribution in [0, 0.1) is 0 Å². The summed E-state index contributed by atoms with van der Waals surface area (Å²) in [5.74, 6) is -0.840. The number of nitrogens with two attached hydrogens (primary N) is 1. The Morgan fingerprint density at radius 3 is 2.70 bits per heavy atom. The molecule has 0 aromatic heterocycles. The number of amides is 1. The lowest BCUT2D eigenvalue weighted by molar-refractivity contribution is -0.146. The lowest BCUT2D eigenvalue weighted by atomic mass is 9.90. The minimum absolute atomic E-state index is 0.0609. The van der Waals surface area contributed by atoms with E-state index in [2.05, 4.69) is 10.6 Å². The highest BCUT2D eigenvalue weighted by Gasteiger charge is 2.31. The van der Waals surface area contributed by atoms with Crippen LogP contribution >= 0.6 is 11.6 Å². The van der Waals surface area contributed by atoms with Crippen LogP contribution in [-0.4, -0.2) is 39.5 Å². The average Bonchev–Trinajstić information content (AvgIpc) is 2.71. The van der Waals surface area contributed by atoms with E-state index in [-0.39, 0.29) is 40.6 Å². The van der Waals surface area contributed by atoms with Gasteiger partial charge < -0.3 is 10.1 Å². The number of hydrogen-bond donors (Lipinski definition) is 3. The molecule has 0 saturated carbocycles. The van der Waals surface area contributed by atoms with Crippen molar-refractivity contribution in [3.63, 3.8) is 0 Å². The molecule has 0 radical (unpaired) electrons. The SMILES string of the molecule is CCOC(=O)[C@@H]1Cc2ccccc2[C@@H](CNC(=O)c2ccc(Cl)c(S(N)(=O)=O)c2)N1. The fourth-order valence-corrected chi connectivity index (χ4v) is 4.47. The lowest BCUT2D eigenvalue weighted by Gasteiger charge is -2.32. The number of hydrogen-bond acceptors (Lipinski definition) is 6. The maximum absolute atomic E-state index is 12.6. The Balaban J connectivity index is 1.77. The van der Waals surface area contributed by atoms with Gasteiger partial charge in [0.25, 0.3) is 5.91 Å². The summed E-state index contributed by atoms with van der Waals surface area (Å²) in [6, 6.07) is 10.7. The Labute approximate surface area is 179 Å². The molecule has 2 aromatic carbocycles. The van der Waals surface area contributed by atoms with Crippen molar-refractivity contribution in [3.8, 4) is 0 Å². The van der Waals surface area contributed by atoms with Crippen molar-refractivity contribution in [2.75, 3.05) is 13.2 Å². The first-order valence-electron chi connectivity index (χ1n) is 9.31. The third-order valence-electron chi connectivity index (χ3n) is 4.79. The highest BCUT2D eigenvalue weighted by atomic mass is 35.5. The summed E-state index contributed by atoms with van der Waals surface area (Å²) in [5.41, 5.74) is 2.07. The van der Waals surface area contributed by atoms with Crippen LogP contribution in [0.25, 0.3) is 0 Å². The van der Waals surface area contributed by atoms with Crippen molar-refractivity contribution < 1.29 is 22.7 Å². The van der Waals surface area contributed by atoms with Crippen LogP contribution in [0.15, 0.2) is 47.4 Å². The second-order valence-electron chi connectivity index (χ2n) is 6.83. The smallest absolute Gasteiger partial charge is 0.323 e. The first kappa shape index (κ1) is 22.2. The standard InChI is InChI=1S/C20H22ClN3O5S/c1-2-29-20(26)16-9-12-5-3-4-6-14(12)17(24-16)11-23-19(25)13-7-8-15(21)18(10-13)30(22,27)28/h3-8,10,16-17,24H,2,9,11H2,1H3,(H,23,25)(H2,22,27,28)/t16-,17+/m0/s1. The van der Waals surface area contributed by atoms with Crippen molar-refractivity contribution in [2.45, 2.75) is 30.3 Å². The molecule has 30 heavy (non-hydrogen) atoms. The van der Waals surface area contributed by atoms with Gasteiger partial charge in [-0.25, -0.2) is 13.6 Å². The second-order valence-corrected chi connectivity index (χ2v) is 8.76. The van der Waals surface area contributed by atoms with E-state index in [9.17, 15) is 18.0 Å². The normalized spacial score (nSPS) is 18.4. The fraction of sp³-hybridized carbons (Fsp3) is 0.300. The van der Waals surface area contributed by atoms with Crippen LogP contribution in [0.5, 0.6) is 0 Å². The minimum Gasteiger partial charge on any atom is -0.465 e. The Hall–Kier alpha value is -2.46. The van der Waals surface area contributed by atoms with Crippen LogP contribution < -0.4 is 15.8 Å². The van der Waals surface area contributed by atoms with Gasteiger partial charge in [0.1, 0.15) is 10.9 Å². The van der Waals surface area contributed by atoms with Crippen molar-refractivity contribution in [1.82, 2.24) is 10.6 Å². The van der Waals surface area contributed by atoms with E-state index < -0.39 is 22.0 Å². The van der Waals surface area contributed by atoms with E-state index in [1.54, 1.807) is 6.92 Å². The van der Waals surface area contributed by atoms with Crippen LogP contribution in [0.2, 0.25) is 5.02 Å². The third kappa shape index (κ3) is 4.99. The molecule has 0 fully saturated rings. The van der Waals surface area contributed by atoms with Gasteiger partial charge in [-0.3, -0.25) is 14.9 Å². The summed E-state index contributed by atoms with van der Waals surface area (Å²) in [7, 11) is -4.06. The third-order valence-corrected chi connectivity index (χ3v) is 6.19. The van der Waals surface area contributed by atoms with E-state index in [1.165, 1.54) is 12.1 Å². The number of carbonyl (C=O) groups excluding carboxylic acids is 2. The molecule has 2 aromatic rings. The van der Waals surface area contributed by atoms with Crippen molar-refractivity contribution in [3.05, 3.63) is 64.2 Å². The van der Waals surface area contributed by atoms with Gasteiger partial charge in [-0.15, -0.1) is 0 Å². The van der Waals surface area contributed by atoms with Gasteiger partial charge in [0, 0.05) is 12.1 Å². The van der Waals surface area contributed by atoms with Crippen LogP contribution in [-0.2, 0) is 26.0 Å². The number of ether oxygens (including phenoxy) is 1. The van der Waals surface area contributed by atoms with Crippen LogP contribution in [0.1, 0.15) is 34.5 Å². The first-order chi connectivity index (χ1) is 14.2. The molecule has 0 aliphatic carbocycles. The number of halogens is 1. The largest absolute Gasteiger partial charge is 0.465 e. The average molecular weight is 452 g/mol. The monoisotopic (exact) mass is 451 g/mol. The zero-order valence-electron chi connectivity index (χ0n) is 16.2. The fourth-order valence-electron chi connectivity index (χ4n) is 3.39. The number of esters is 1. The van der Waals surface area contributed by atoms with E-state index in [0.717, 1.165) is 17.2 Å². The molecule has 1 heterocycles. The van der Waals surface area contributed by atoms with E-state index in [1.807, 2.05) is 24.3 Å². The second kappa shape index (κ2) is 9.13. The molecule has 0 unspecified atom stereocenters. The van der Waals surface area contributed by atoms with E-state index in [4.69, 9.17) is 21.5 Å². The molecule has 1 aliphatic heterocycles. The molecule has 1 aliphatic rings. The number of benzene rings is 2. The van der Waals surface area contributed by atoms with Crippen LogP contribution in [0.4, 0.5) is 0 Å². The summed E-state index contributed by atoms with van der Waals surface area (Å²) in [6.07, 6.45) is 0.494. The molecule has 1 amide bonds. The Morgan fingerprint density at radius 1 is 1.27 bits per heavy atom. The van der Waals surface area contributed by atoms with Gasteiger partial charge in [0.05, 0.1) is 17.7 Å². The lowest BCUT2D eigenvalue weighted by Crippen LogP contribution is -2.48. The molecule has 10 heteroatoms. The number of rotatable bonds is 6. The number of carbonyl (C=O) groups is 2. The zero-order chi connectivity index (χ0) is 21.9. The molecule has 2 atom stereocenters. The topological polar surface area (TPSA) is 128 Å². The minimum atomic E-state index is -4.06. The maximum Gasteiger partial charge on any atom is 0.323 e. The van der Waals surface area contributed by atoms with Gasteiger partial charge in [-0.05, 0) is 42.7 Å². The Kier molecular flexibility index (Phi) is 6.77. The summed E-state index contributed by atoms with van der Waals surface area (Å²) < 4.78 is 28.4. The quantitative estimate of drug-likeness (QED) is 0.571. The molecular weight excluding hydrogens is 430 g/mol. The molecule has 0 spiro atoms. The van der Waals surface area contributed by atoms with Gasteiger partial charge in [0.15, 0.2) is 0 Å². The van der Waals surface area contributed by atoms with Crippen molar-refractivity contribution in [2.24, 2.45) is 5.14 Å². The molecule has 0 saturated heterocycles. The van der Waals surface area contributed by atoms with Gasteiger partial charge in [-0.1, -0.05) is 35.9 Å². The van der Waals surface area contributed by atoms with Crippen LogP contribution in [0.3, 0.4) is 0 Å². The maximum atomic E-state index is 12.6. The molecule has 8 nitrogen and oxygen atoms in total. The molecule has 3 rings (SSSR count). The Bertz CT molecular complexity index is 1070. The summed E-state index contributed by atoms with van der Waals surface area (Å²) in [6.45, 7) is 2.20. The summed E-state index contributed by atoms with van der Waals surface area (Å²) in [4.78, 5) is 24.5. The predicted octanol–water partition coefficient (Wildman–Crippen LogP) is 1.54. The highest BCUT2D eigenvalue weighted by Crippen LogP contribution is 2.26. The molecule has 4 N–H and O–H groups in total. The summed E-state index contributed by atoms with van der Waals surface area (Å²) in [5, 5.41) is 11.1. The first-order valence-corrected chi connectivity index (χ1v) is 11.2. The van der Waals surface area contributed by atoms with Gasteiger partial charge >= 0.3 is 5.97 Å². The predicted molar refractivity (Wildman–Crippen MR) is 112 cm³/mol.